The van der Waals surface area contributed by atoms with Gasteiger partial charge in [0.15, 0.2) is 5.16 Å². The van der Waals surface area contributed by atoms with Gasteiger partial charge in [-0.2, -0.15) is 0 Å². The highest BCUT2D eigenvalue weighted by Crippen LogP contribution is 2.27. The van der Waals surface area contributed by atoms with Gasteiger partial charge in [0.05, 0.1) is 16.6 Å². The van der Waals surface area contributed by atoms with Crippen molar-refractivity contribution in [3.63, 3.8) is 0 Å². The van der Waals surface area contributed by atoms with Gasteiger partial charge in [0.2, 0.25) is 0 Å². The fraction of sp³-hybridized carbons (Fsp3) is 0.263. The first-order chi connectivity index (χ1) is 11.5. The summed E-state index contributed by atoms with van der Waals surface area (Å²) in [4.78, 5) is 17.9. The fourth-order valence-corrected chi connectivity index (χ4v) is 3.63. The Morgan fingerprint density at radius 3 is 2.67 bits per heavy atom. The summed E-state index contributed by atoms with van der Waals surface area (Å²) >= 11 is 7.87. The molecular formula is C19H19ClN2OS. The topological polar surface area (TPSA) is 34.9 Å². The van der Waals surface area contributed by atoms with Crippen LogP contribution in [-0.2, 0) is 0 Å². The predicted molar refractivity (Wildman–Crippen MR) is 103 cm³/mol. The zero-order chi connectivity index (χ0) is 17.3. The van der Waals surface area contributed by atoms with Crippen molar-refractivity contribution in [1.29, 1.82) is 0 Å². The Kier molecular flexibility index (Phi) is 4.97. The number of rotatable bonds is 4. The summed E-state index contributed by atoms with van der Waals surface area (Å²) in [5.41, 5.74) is 2.34. The van der Waals surface area contributed by atoms with Gasteiger partial charge in [0.1, 0.15) is 0 Å². The predicted octanol–water partition coefficient (Wildman–Crippen LogP) is 5.10. The van der Waals surface area contributed by atoms with Gasteiger partial charge in [0, 0.05) is 10.8 Å². The molecule has 0 aliphatic rings. The molecule has 0 unspecified atom stereocenters. The minimum Gasteiger partial charge on any atom is -0.268 e. The molecule has 3 rings (SSSR count). The SMILES string of the molecule is Cc1c(Cl)cccc1-n1c(SCC(C)C)nc2ccccc2c1=O. The summed E-state index contributed by atoms with van der Waals surface area (Å²) in [6, 6.07) is 13.1. The van der Waals surface area contributed by atoms with Crippen LogP contribution in [0.15, 0.2) is 52.4 Å². The van der Waals surface area contributed by atoms with Crippen LogP contribution in [0.25, 0.3) is 16.6 Å². The Morgan fingerprint density at radius 2 is 1.92 bits per heavy atom. The standard InChI is InChI=1S/C19H19ClN2OS/c1-12(2)11-24-19-21-16-9-5-4-7-14(16)18(23)22(19)17-10-6-8-15(20)13(17)3/h4-10,12H,11H2,1-3H3. The first-order valence-electron chi connectivity index (χ1n) is 7.89. The van der Waals surface area contributed by atoms with E-state index in [0.29, 0.717) is 21.5 Å². The molecule has 3 nitrogen and oxygen atoms in total. The van der Waals surface area contributed by atoms with E-state index in [9.17, 15) is 4.79 Å². The quantitative estimate of drug-likeness (QED) is 0.481. The summed E-state index contributed by atoms with van der Waals surface area (Å²) in [6.45, 7) is 6.23. The van der Waals surface area contributed by atoms with Crippen molar-refractivity contribution in [1.82, 2.24) is 9.55 Å². The normalized spacial score (nSPS) is 11.4. The van der Waals surface area contributed by atoms with Gasteiger partial charge < -0.3 is 0 Å². The van der Waals surface area contributed by atoms with Crippen LogP contribution in [-0.4, -0.2) is 15.3 Å². The van der Waals surface area contributed by atoms with Crippen LogP contribution in [0, 0.1) is 12.8 Å². The van der Waals surface area contributed by atoms with E-state index < -0.39 is 0 Å². The molecule has 0 bridgehead atoms. The second-order valence-electron chi connectivity index (χ2n) is 6.14. The third-order valence-electron chi connectivity index (χ3n) is 3.77. The summed E-state index contributed by atoms with van der Waals surface area (Å²) in [5, 5.41) is 1.97. The smallest absolute Gasteiger partial charge is 0.266 e. The Morgan fingerprint density at radius 1 is 1.17 bits per heavy atom. The number of benzene rings is 2. The molecule has 0 saturated carbocycles. The van der Waals surface area contributed by atoms with Crippen molar-refractivity contribution in [2.24, 2.45) is 5.92 Å². The Bertz CT molecular complexity index is 950. The highest BCUT2D eigenvalue weighted by atomic mass is 35.5. The van der Waals surface area contributed by atoms with E-state index in [1.807, 2.05) is 49.4 Å². The lowest BCUT2D eigenvalue weighted by atomic mass is 10.2. The molecule has 124 valence electrons. The second-order valence-corrected chi connectivity index (χ2v) is 7.54. The van der Waals surface area contributed by atoms with Crippen molar-refractivity contribution < 1.29 is 0 Å². The monoisotopic (exact) mass is 358 g/mol. The molecule has 0 aliphatic carbocycles. The third kappa shape index (κ3) is 3.21. The Labute approximate surface area is 150 Å². The number of thioether (sulfide) groups is 1. The average molecular weight is 359 g/mol. The zero-order valence-corrected chi connectivity index (χ0v) is 15.5. The summed E-state index contributed by atoms with van der Waals surface area (Å²) in [7, 11) is 0. The lowest BCUT2D eigenvalue weighted by Crippen LogP contribution is -2.22. The summed E-state index contributed by atoms with van der Waals surface area (Å²) in [5.74, 6) is 1.40. The van der Waals surface area contributed by atoms with Crippen LogP contribution >= 0.6 is 23.4 Å². The molecule has 0 aliphatic heterocycles. The maximum absolute atomic E-state index is 13.1. The van der Waals surface area contributed by atoms with E-state index in [-0.39, 0.29) is 5.56 Å². The number of fused-ring (bicyclic) bond motifs is 1. The molecule has 0 N–H and O–H groups in total. The number of para-hydroxylation sites is 1. The van der Waals surface area contributed by atoms with Gasteiger partial charge in [-0.15, -0.1) is 0 Å². The molecule has 3 aromatic rings. The van der Waals surface area contributed by atoms with E-state index in [0.717, 1.165) is 22.5 Å². The highest BCUT2D eigenvalue weighted by molar-refractivity contribution is 7.99. The van der Waals surface area contributed by atoms with Gasteiger partial charge in [-0.25, -0.2) is 4.98 Å². The van der Waals surface area contributed by atoms with Crippen LogP contribution in [0.5, 0.6) is 0 Å². The molecule has 1 aromatic heterocycles. The molecule has 0 atom stereocenters. The minimum atomic E-state index is -0.0581. The molecule has 0 saturated heterocycles. The maximum atomic E-state index is 13.1. The van der Waals surface area contributed by atoms with Gasteiger partial charge >= 0.3 is 0 Å². The van der Waals surface area contributed by atoms with E-state index in [4.69, 9.17) is 16.6 Å². The molecule has 0 amide bonds. The number of nitrogens with zero attached hydrogens (tertiary/aromatic N) is 2. The average Bonchev–Trinajstić information content (AvgIpc) is 2.56. The van der Waals surface area contributed by atoms with E-state index in [1.165, 1.54) is 0 Å². The minimum absolute atomic E-state index is 0.0581. The second kappa shape index (κ2) is 6.99. The van der Waals surface area contributed by atoms with Gasteiger partial charge in [-0.3, -0.25) is 9.36 Å². The number of hydrogen-bond acceptors (Lipinski definition) is 3. The molecule has 0 spiro atoms. The molecule has 24 heavy (non-hydrogen) atoms. The molecule has 5 heteroatoms. The van der Waals surface area contributed by atoms with E-state index in [1.54, 1.807) is 16.3 Å². The third-order valence-corrected chi connectivity index (χ3v) is 5.55. The molecule has 0 radical (unpaired) electrons. The van der Waals surface area contributed by atoms with Crippen molar-refractivity contribution in [2.45, 2.75) is 25.9 Å². The van der Waals surface area contributed by atoms with Crippen LogP contribution < -0.4 is 5.56 Å². The highest BCUT2D eigenvalue weighted by Gasteiger charge is 2.16. The summed E-state index contributed by atoms with van der Waals surface area (Å²) < 4.78 is 1.69. The van der Waals surface area contributed by atoms with E-state index >= 15 is 0 Å². The van der Waals surface area contributed by atoms with Crippen LogP contribution in [0.2, 0.25) is 5.02 Å². The fourth-order valence-electron chi connectivity index (χ4n) is 2.50. The summed E-state index contributed by atoms with van der Waals surface area (Å²) in [6.07, 6.45) is 0. The first-order valence-corrected chi connectivity index (χ1v) is 9.25. The number of hydrogen-bond donors (Lipinski definition) is 0. The maximum Gasteiger partial charge on any atom is 0.266 e. The van der Waals surface area contributed by atoms with Crippen LogP contribution in [0.3, 0.4) is 0 Å². The Hall–Kier alpha value is -1.78. The van der Waals surface area contributed by atoms with Crippen molar-refractivity contribution in [2.75, 3.05) is 5.75 Å². The molecule has 0 fully saturated rings. The van der Waals surface area contributed by atoms with Crippen molar-refractivity contribution in [3.05, 3.63) is 63.4 Å². The number of aromatic nitrogens is 2. The van der Waals surface area contributed by atoms with Gasteiger partial charge in [-0.1, -0.05) is 55.4 Å². The van der Waals surface area contributed by atoms with Crippen molar-refractivity contribution >= 4 is 34.3 Å². The lowest BCUT2D eigenvalue weighted by molar-refractivity contribution is 0.742. The Balaban J connectivity index is 2.31. The molecule has 2 aromatic carbocycles. The first kappa shape index (κ1) is 17.1. The molecule has 1 heterocycles. The molecular weight excluding hydrogens is 340 g/mol. The van der Waals surface area contributed by atoms with Gasteiger partial charge in [0.25, 0.3) is 5.56 Å². The lowest BCUT2D eigenvalue weighted by Gasteiger charge is -2.16. The number of halogens is 1. The van der Waals surface area contributed by atoms with E-state index in [2.05, 4.69) is 13.8 Å². The zero-order valence-electron chi connectivity index (χ0n) is 13.9. The largest absolute Gasteiger partial charge is 0.268 e. The van der Waals surface area contributed by atoms with Crippen molar-refractivity contribution in [3.8, 4) is 5.69 Å². The van der Waals surface area contributed by atoms with Crippen LogP contribution in [0.1, 0.15) is 19.4 Å². The van der Waals surface area contributed by atoms with Crippen LogP contribution in [0.4, 0.5) is 0 Å². The van der Waals surface area contributed by atoms with Gasteiger partial charge in [-0.05, 0) is 42.7 Å².